The maximum absolute atomic E-state index is 13.7. The smallest absolute Gasteiger partial charge is 0.150 e. The van der Waals surface area contributed by atoms with Gasteiger partial charge in [0.05, 0.1) is 5.69 Å². The molecule has 0 aliphatic carbocycles. The summed E-state index contributed by atoms with van der Waals surface area (Å²) in [6.07, 6.45) is 0. The highest BCUT2D eigenvalue weighted by atomic mass is 19.1. The van der Waals surface area contributed by atoms with Crippen LogP contribution in [0.2, 0.25) is 0 Å². The van der Waals surface area contributed by atoms with E-state index < -0.39 is 0 Å². The molecule has 1 aromatic heterocycles. The Labute approximate surface area is 98.4 Å². The highest BCUT2D eigenvalue weighted by molar-refractivity contribution is 5.49. The summed E-state index contributed by atoms with van der Waals surface area (Å²) >= 11 is 0. The number of nitrogen functional groups attached to an aromatic ring is 1. The molecule has 2 aromatic rings. The number of nitrogens with zero attached hydrogens (tertiary/aromatic N) is 3. The molecule has 0 saturated carbocycles. The van der Waals surface area contributed by atoms with Crippen LogP contribution >= 0.6 is 0 Å². The van der Waals surface area contributed by atoms with Gasteiger partial charge in [-0.2, -0.15) is 0 Å². The molecule has 1 aliphatic heterocycles. The largest absolute Gasteiger partial charge is 0.382 e. The third-order valence-electron chi connectivity index (χ3n) is 3.05. The summed E-state index contributed by atoms with van der Waals surface area (Å²) in [7, 11) is 2.01. The number of halogens is 1. The van der Waals surface area contributed by atoms with Crippen molar-refractivity contribution < 1.29 is 4.39 Å². The van der Waals surface area contributed by atoms with Gasteiger partial charge in [-0.25, -0.2) is 9.07 Å². The molecule has 4 nitrogen and oxygen atoms in total. The molecule has 0 saturated heterocycles. The molecular weight excluding hydrogens is 219 g/mol. The van der Waals surface area contributed by atoms with Crippen LogP contribution in [0, 0.1) is 5.82 Å². The van der Waals surface area contributed by atoms with Crippen molar-refractivity contribution in [3.05, 3.63) is 41.3 Å². The van der Waals surface area contributed by atoms with E-state index in [9.17, 15) is 4.39 Å². The first-order valence-electron chi connectivity index (χ1n) is 5.46. The molecule has 2 N–H and O–H groups in total. The highest BCUT2D eigenvalue weighted by Crippen LogP contribution is 2.29. The predicted octanol–water partition coefficient (Wildman–Crippen LogP) is 1.54. The minimum absolute atomic E-state index is 0.285. The molecule has 1 aliphatic rings. The van der Waals surface area contributed by atoms with Gasteiger partial charge in [-0.15, -0.1) is 5.10 Å². The van der Waals surface area contributed by atoms with Gasteiger partial charge < -0.3 is 5.73 Å². The van der Waals surface area contributed by atoms with E-state index in [-0.39, 0.29) is 5.82 Å². The van der Waals surface area contributed by atoms with Crippen molar-refractivity contribution >= 4 is 5.82 Å². The Morgan fingerprint density at radius 2 is 2.06 bits per heavy atom. The lowest BCUT2D eigenvalue weighted by atomic mass is 10.2. The van der Waals surface area contributed by atoms with E-state index in [0.717, 1.165) is 24.3 Å². The summed E-state index contributed by atoms with van der Waals surface area (Å²) < 4.78 is 15.3. The lowest BCUT2D eigenvalue weighted by Crippen LogP contribution is -2.12. The molecular formula is C12H13FN4. The Morgan fingerprint density at radius 1 is 1.29 bits per heavy atom. The molecule has 0 radical (unpaired) electrons. The van der Waals surface area contributed by atoms with Gasteiger partial charge in [0.15, 0.2) is 5.82 Å². The van der Waals surface area contributed by atoms with Crippen LogP contribution in [0.5, 0.6) is 0 Å². The number of hydrogen-bond donors (Lipinski definition) is 1. The van der Waals surface area contributed by atoms with Crippen LogP contribution in [0.15, 0.2) is 24.3 Å². The van der Waals surface area contributed by atoms with Gasteiger partial charge in [-0.3, -0.25) is 4.90 Å². The van der Waals surface area contributed by atoms with Crippen molar-refractivity contribution in [1.82, 2.24) is 14.7 Å². The number of aromatic nitrogens is 2. The van der Waals surface area contributed by atoms with Gasteiger partial charge in [0.25, 0.3) is 0 Å². The minimum Gasteiger partial charge on any atom is -0.382 e. The number of rotatable bonds is 1. The van der Waals surface area contributed by atoms with Gasteiger partial charge in [-0.05, 0) is 19.2 Å². The topological polar surface area (TPSA) is 47.1 Å². The van der Waals surface area contributed by atoms with E-state index in [0.29, 0.717) is 11.5 Å². The van der Waals surface area contributed by atoms with Crippen molar-refractivity contribution in [3.63, 3.8) is 0 Å². The van der Waals surface area contributed by atoms with Crippen molar-refractivity contribution in [1.29, 1.82) is 0 Å². The van der Waals surface area contributed by atoms with Gasteiger partial charge in [0.1, 0.15) is 11.5 Å². The summed E-state index contributed by atoms with van der Waals surface area (Å²) in [4.78, 5) is 2.13. The third-order valence-corrected chi connectivity index (χ3v) is 3.05. The summed E-state index contributed by atoms with van der Waals surface area (Å²) in [6.45, 7) is 1.52. The average molecular weight is 232 g/mol. The first-order chi connectivity index (χ1) is 8.16. The van der Waals surface area contributed by atoms with Crippen LogP contribution in [0.25, 0.3) is 5.69 Å². The fourth-order valence-corrected chi connectivity index (χ4v) is 2.24. The van der Waals surface area contributed by atoms with E-state index in [1.807, 2.05) is 7.05 Å². The number of nitrogens with two attached hydrogens (primary N) is 1. The molecule has 88 valence electrons. The lowest BCUT2D eigenvalue weighted by molar-refractivity contribution is 0.346. The van der Waals surface area contributed by atoms with Crippen molar-refractivity contribution in [2.45, 2.75) is 13.1 Å². The lowest BCUT2D eigenvalue weighted by Gasteiger charge is -2.09. The van der Waals surface area contributed by atoms with Crippen LogP contribution in [0.3, 0.4) is 0 Å². The summed E-state index contributed by atoms with van der Waals surface area (Å²) in [5.41, 5.74) is 8.31. The first-order valence-corrected chi connectivity index (χ1v) is 5.46. The van der Waals surface area contributed by atoms with Crippen molar-refractivity contribution in [3.8, 4) is 5.69 Å². The molecule has 2 heterocycles. The maximum Gasteiger partial charge on any atom is 0.150 e. The minimum atomic E-state index is -0.285. The predicted molar refractivity (Wildman–Crippen MR) is 63.1 cm³/mol. The average Bonchev–Trinajstić information content (AvgIpc) is 2.80. The third kappa shape index (κ3) is 1.51. The van der Waals surface area contributed by atoms with E-state index in [2.05, 4.69) is 10.00 Å². The fraction of sp³-hybridized carbons (Fsp3) is 0.250. The molecule has 0 bridgehead atoms. The van der Waals surface area contributed by atoms with Crippen LogP contribution < -0.4 is 5.73 Å². The quantitative estimate of drug-likeness (QED) is 0.811. The van der Waals surface area contributed by atoms with E-state index in [4.69, 9.17) is 5.73 Å². The zero-order valence-corrected chi connectivity index (χ0v) is 9.52. The second-order valence-electron chi connectivity index (χ2n) is 4.35. The summed E-state index contributed by atoms with van der Waals surface area (Å²) in [5, 5.41) is 4.23. The maximum atomic E-state index is 13.7. The monoisotopic (exact) mass is 232 g/mol. The fourth-order valence-electron chi connectivity index (χ4n) is 2.24. The number of para-hydroxylation sites is 1. The molecule has 3 rings (SSSR count). The Kier molecular flexibility index (Phi) is 2.16. The standard InChI is InChI=1S/C12H13FN4/c1-16-6-8-11(7-16)17(15-12(8)14)10-5-3-2-4-9(10)13/h2-5H,6-7H2,1H3,(H2,14,15). The normalized spacial score (nSPS) is 15.2. The Balaban J connectivity index is 2.18. The SMILES string of the molecule is CN1Cc2c(N)nn(-c3ccccc3F)c2C1. The van der Waals surface area contributed by atoms with Crippen LogP contribution in [-0.2, 0) is 13.1 Å². The first kappa shape index (κ1) is 10.3. The van der Waals surface area contributed by atoms with Gasteiger partial charge in [0, 0.05) is 18.7 Å². The molecule has 1 aromatic carbocycles. The van der Waals surface area contributed by atoms with Crippen LogP contribution in [0.4, 0.5) is 10.2 Å². The number of hydrogen-bond acceptors (Lipinski definition) is 3. The van der Waals surface area contributed by atoms with Gasteiger partial charge in [0.2, 0.25) is 0 Å². The second kappa shape index (κ2) is 3.56. The Hall–Kier alpha value is -1.88. The van der Waals surface area contributed by atoms with Gasteiger partial charge in [-0.1, -0.05) is 12.1 Å². The van der Waals surface area contributed by atoms with Crippen LogP contribution in [0.1, 0.15) is 11.3 Å². The number of benzene rings is 1. The number of fused-ring (bicyclic) bond motifs is 1. The molecule has 0 spiro atoms. The Bertz CT molecular complexity index is 576. The zero-order chi connectivity index (χ0) is 12.0. The highest BCUT2D eigenvalue weighted by Gasteiger charge is 2.25. The molecule has 0 atom stereocenters. The van der Waals surface area contributed by atoms with E-state index in [1.54, 1.807) is 22.9 Å². The van der Waals surface area contributed by atoms with Crippen LogP contribution in [-0.4, -0.2) is 21.7 Å². The van der Waals surface area contributed by atoms with Crippen molar-refractivity contribution in [2.24, 2.45) is 0 Å². The van der Waals surface area contributed by atoms with Gasteiger partial charge >= 0.3 is 0 Å². The zero-order valence-electron chi connectivity index (χ0n) is 9.52. The molecule has 0 unspecified atom stereocenters. The molecule has 0 fully saturated rings. The summed E-state index contributed by atoms with van der Waals surface area (Å²) in [6, 6.07) is 6.60. The van der Waals surface area contributed by atoms with E-state index in [1.165, 1.54) is 6.07 Å². The van der Waals surface area contributed by atoms with E-state index >= 15 is 0 Å². The Morgan fingerprint density at radius 3 is 2.82 bits per heavy atom. The second-order valence-corrected chi connectivity index (χ2v) is 4.35. The summed E-state index contributed by atoms with van der Waals surface area (Å²) in [5.74, 6) is 0.208. The molecule has 17 heavy (non-hydrogen) atoms. The molecule has 5 heteroatoms. The molecule has 0 amide bonds. The van der Waals surface area contributed by atoms with Crippen molar-refractivity contribution in [2.75, 3.05) is 12.8 Å². The number of anilines is 1.